The van der Waals surface area contributed by atoms with Gasteiger partial charge >= 0.3 is 0 Å². The second-order valence-electron chi connectivity index (χ2n) is 9.64. The van der Waals surface area contributed by atoms with Crippen molar-refractivity contribution in [3.63, 3.8) is 0 Å². The molecule has 0 aromatic carbocycles. The molecular weight excluding hydrogens is 336 g/mol. The molecule has 27 heavy (non-hydrogen) atoms. The summed E-state index contributed by atoms with van der Waals surface area (Å²) in [6.45, 7) is 2.33. The molecule has 142 valence electrons. The summed E-state index contributed by atoms with van der Waals surface area (Å²) in [7, 11) is 0. The van der Waals surface area contributed by atoms with Crippen molar-refractivity contribution < 1.29 is 4.79 Å². The van der Waals surface area contributed by atoms with E-state index in [4.69, 9.17) is 0 Å². The number of carbonyl (C=O) groups is 1. The van der Waals surface area contributed by atoms with E-state index in [2.05, 4.69) is 21.5 Å². The lowest BCUT2D eigenvalue weighted by Gasteiger charge is -2.54. The molecule has 5 nitrogen and oxygen atoms in total. The van der Waals surface area contributed by atoms with Gasteiger partial charge in [-0.3, -0.25) is 4.79 Å². The number of amides is 1. The van der Waals surface area contributed by atoms with Gasteiger partial charge in [0.2, 0.25) is 5.91 Å². The number of hydrogen-bond donors (Lipinski definition) is 1. The number of nitrogens with one attached hydrogen (secondary N) is 1. The molecule has 4 bridgehead atoms. The first-order valence-electron chi connectivity index (χ1n) is 10.8. The van der Waals surface area contributed by atoms with E-state index in [1.165, 1.54) is 55.9 Å². The Labute approximate surface area is 159 Å². The van der Waals surface area contributed by atoms with Crippen LogP contribution in [0.4, 0.5) is 0 Å². The van der Waals surface area contributed by atoms with Gasteiger partial charge in [0.05, 0.1) is 5.69 Å². The van der Waals surface area contributed by atoms with Gasteiger partial charge in [-0.2, -0.15) is 5.10 Å². The Morgan fingerprint density at radius 3 is 2.52 bits per heavy atom. The van der Waals surface area contributed by atoms with Crippen LogP contribution in [0.3, 0.4) is 0 Å². The Morgan fingerprint density at radius 1 is 1.15 bits per heavy atom. The van der Waals surface area contributed by atoms with Crippen molar-refractivity contribution in [2.75, 3.05) is 0 Å². The van der Waals surface area contributed by atoms with Crippen molar-refractivity contribution in [3.8, 4) is 0 Å². The average Bonchev–Trinajstić information content (AvgIpc) is 3.43. The smallest absolute Gasteiger partial charge is 0.242 e. The molecule has 2 heterocycles. The highest BCUT2D eigenvalue weighted by molar-refractivity contribution is 5.85. The lowest BCUT2D eigenvalue weighted by molar-refractivity contribution is -0.125. The lowest BCUT2D eigenvalue weighted by atomic mass is 9.54. The first-order chi connectivity index (χ1) is 13.2. The number of fused-ring (bicyclic) bond motifs is 1. The minimum atomic E-state index is 0.107. The van der Waals surface area contributed by atoms with Crippen LogP contribution < -0.4 is 5.32 Å². The minimum Gasteiger partial charge on any atom is -0.351 e. The topological polar surface area (TPSA) is 59.8 Å². The molecular formula is C22H28N4O. The number of carbonyl (C=O) groups excluding carboxylic acids is 1. The second-order valence-corrected chi connectivity index (χ2v) is 9.64. The average molecular weight is 364 g/mol. The van der Waals surface area contributed by atoms with Crippen LogP contribution in [0.5, 0.6) is 0 Å². The zero-order valence-electron chi connectivity index (χ0n) is 16.0. The Bertz CT molecular complexity index is 884. The molecule has 2 aromatic rings. The van der Waals surface area contributed by atoms with E-state index >= 15 is 0 Å². The van der Waals surface area contributed by atoms with Crippen molar-refractivity contribution in [3.05, 3.63) is 23.5 Å². The van der Waals surface area contributed by atoms with Gasteiger partial charge in [0, 0.05) is 17.6 Å². The van der Waals surface area contributed by atoms with Crippen LogP contribution in [-0.4, -0.2) is 26.7 Å². The van der Waals surface area contributed by atoms with Crippen molar-refractivity contribution in [2.24, 2.45) is 23.7 Å². The van der Waals surface area contributed by atoms with Crippen LogP contribution >= 0.6 is 0 Å². The fraction of sp³-hybridized carbons (Fsp3) is 0.682. The van der Waals surface area contributed by atoms with Crippen molar-refractivity contribution >= 4 is 16.9 Å². The van der Waals surface area contributed by atoms with E-state index in [9.17, 15) is 4.79 Å². The summed E-state index contributed by atoms with van der Waals surface area (Å²) in [5.41, 5.74) is 3.24. The molecule has 0 radical (unpaired) electrons. The highest BCUT2D eigenvalue weighted by Gasteiger charge is 2.48. The maximum absolute atomic E-state index is 12.9. The number of hydrogen-bond acceptors (Lipinski definition) is 3. The third-order valence-electron chi connectivity index (χ3n) is 7.71. The molecule has 0 aliphatic heterocycles. The molecule has 2 aromatic heterocycles. The molecule has 0 unspecified atom stereocenters. The van der Waals surface area contributed by atoms with Crippen LogP contribution in [0.1, 0.15) is 62.1 Å². The Hall–Kier alpha value is -1.91. The molecule has 0 spiro atoms. The first kappa shape index (κ1) is 16.1. The van der Waals surface area contributed by atoms with E-state index in [0.29, 0.717) is 23.8 Å². The van der Waals surface area contributed by atoms with Gasteiger partial charge in [-0.15, -0.1) is 0 Å². The maximum atomic E-state index is 12.9. The second kappa shape index (κ2) is 5.79. The van der Waals surface area contributed by atoms with Gasteiger partial charge < -0.3 is 5.32 Å². The zero-order valence-corrected chi connectivity index (χ0v) is 16.0. The minimum absolute atomic E-state index is 0.107. The third kappa shape index (κ3) is 2.61. The molecule has 5 aliphatic rings. The van der Waals surface area contributed by atoms with Crippen LogP contribution in [0, 0.1) is 30.6 Å². The molecule has 0 atom stereocenters. The monoisotopic (exact) mass is 364 g/mol. The molecule has 0 saturated heterocycles. The van der Waals surface area contributed by atoms with Crippen molar-refractivity contribution in [1.29, 1.82) is 0 Å². The van der Waals surface area contributed by atoms with Crippen LogP contribution in [-0.2, 0) is 11.3 Å². The molecule has 5 fully saturated rings. The van der Waals surface area contributed by atoms with Gasteiger partial charge in [0.1, 0.15) is 6.54 Å². The molecule has 5 heteroatoms. The molecule has 5 aliphatic carbocycles. The fourth-order valence-electron chi connectivity index (χ4n) is 6.68. The van der Waals surface area contributed by atoms with E-state index in [0.717, 1.165) is 23.2 Å². The molecule has 7 rings (SSSR count). The Morgan fingerprint density at radius 2 is 1.85 bits per heavy atom. The first-order valence-corrected chi connectivity index (χ1v) is 10.8. The van der Waals surface area contributed by atoms with Gasteiger partial charge in [-0.25, -0.2) is 9.67 Å². The van der Waals surface area contributed by atoms with Gasteiger partial charge in [-0.1, -0.05) is 0 Å². The number of pyridine rings is 1. The van der Waals surface area contributed by atoms with E-state index in [-0.39, 0.29) is 12.5 Å². The van der Waals surface area contributed by atoms with Crippen LogP contribution in [0.25, 0.3) is 11.0 Å². The highest BCUT2D eigenvalue weighted by atomic mass is 16.2. The largest absolute Gasteiger partial charge is 0.351 e. The normalized spacial score (nSPS) is 34.3. The summed E-state index contributed by atoms with van der Waals surface area (Å²) in [4.78, 5) is 17.5. The van der Waals surface area contributed by atoms with Crippen molar-refractivity contribution in [2.45, 2.75) is 70.4 Å². The zero-order chi connectivity index (χ0) is 18.1. The molecule has 5 saturated carbocycles. The van der Waals surface area contributed by atoms with Gasteiger partial charge in [0.25, 0.3) is 0 Å². The van der Waals surface area contributed by atoms with Gasteiger partial charge in [-0.05, 0) is 93.1 Å². The number of nitrogens with zero attached hydrogens (tertiary/aromatic N) is 3. The highest BCUT2D eigenvalue weighted by Crippen LogP contribution is 2.53. The number of aryl methyl sites for hydroxylation is 1. The summed E-state index contributed by atoms with van der Waals surface area (Å²) >= 11 is 0. The SMILES string of the molecule is Cc1nn(CC(=O)NC2C3CC4CC(C3)CC2C4)c2nccc(C3CC3)c12. The maximum Gasteiger partial charge on any atom is 0.242 e. The van der Waals surface area contributed by atoms with Gasteiger partial charge in [0.15, 0.2) is 5.65 Å². The number of rotatable bonds is 4. The lowest BCUT2D eigenvalue weighted by Crippen LogP contribution is -2.56. The summed E-state index contributed by atoms with van der Waals surface area (Å²) in [5.74, 6) is 4.05. The summed E-state index contributed by atoms with van der Waals surface area (Å²) in [5, 5.41) is 9.25. The summed E-state index contributed by atoms with van der Waals surface area (Å²) in [6, 6.07) is 2.52. The summed E-state index contributed by atoms with van der Waals surface area (Å²) < 4.78 is 1.82. The van der Waals surface area contributed by atoms with E-state index < -0.39 is 0 Å². The standard InChI is InChI=1S/C22H28N4O/c1-12-20-18(15-2-3-15)4-5-23-22(20)26(25-12)11-19(27)24-21-16-7-13-6-14(9-16)10-17(21)8-13/h4-5,13-17,21H,2-3,6-11H2,1H3,(H,24,27). The van der Waals surface area contributed by atoms with E-state index in [1.54, 1.807) is 0 Å². The molecule has 1 N–H and O–H groups in total. The Kier molecular flexibility index (Phi) is 3.45. The predicted octanol–water partition coefficient (Wildman–Crippen LogP) is 3.56. The van der Waals surface area contributed by atoms with Crippen LogP contribution in [0.15, 0.2) is 12.3 Å². The van der Waals surface area contributed by atoms with Crippen molar-refractivity contribution in [1.82, 2.24) is 20.1 Å². The predicted molar refractivity (Wildman–Crippen MR) is 103 cm³/mol. The Balaban J connectivity index is 1.22. The van der Waals surface area contributed by atoms with Crippen LogP contribution in [0.2, 0.25) is 0 Å². The van der Waals surface area contributed by atoms with E-state index in [1.807, 2.05) is 17.8 Å². The quantitative estimate of drug-likeness (QED) is 0.902. The fourth-order valence-corrected chi connectivity index (χ4v) is 6.68. The summed E-state index contributed by atoms with van der Waals surface area (Å²) in [6.07, 6.45) is 11.2. The molecule has 1 amide bonds. The number of aromatic nitrogens is 3. The third-order valence-corrected chi connectivity index (χ3v) is 7.71.